The van der Waals surface area contributed by atoms with E-state index >= 15 is 0 Å². The Labute approximate surface area is 158 Å². The van der Waals surface area contributed by atoms with Gasteiger partial charge in [-0.25, -0.2) is 4.79 Å². The summed E-state index contributed by atoms with van der Waals surface area (Å²) < 4.78 is 15.8. The van der Waals surface area contributed by atoms with E-state index < -0.39 is 17.8 Å². The van der Waals surface area contributed by atoms with Gasteiger partial charge in [-0.3, -0.25) is 14.5 Å². The van der Waals surface area contributed by atoms with Crippen LogP contribution in [0.1, 0.15) is 50.0 Å². The monoisotopic (exact) mass is 375 g/mol. The molecule has 1 amide bonds. The van der Waals surface area contributed by atoms with Crippen LogP contribution in [0.2, 0.25) is 0 Å². The lowest BCUT2D eigenvalue weighted by Gasteiger charge is -2.36. The van der Waals surface area contributed by atoms with E-state index in [9.17, 15) is 14.4 Å². The Morgan fingerprint density at radius 2 is 1.81 bits per heavy atom. The van der Waals surface area contributed by atoms with Gasteiger partial charge in [-0.15, -0.1) is 0 Å². The number of amides is 1. The van der Waals surface area contributed by atoms with Crippen LogP contribution in [0.5, 0.6) is 0 Å². The first-order valence-corrected chi connectivity index (χ1v) is 9.05. The van der Waals surface area contributed by atoms with Crippen molar-refractivity contribution in [3.8, 4) is 0 Å². The molecule has 0 N–H and O–H groups in total. The van der Waals surface area contributed by atoms with Crippen LogP contribution < -0.4 is 0 Å². The molecule has 0 aromatic heterocycles. The predicted molar refractivity (Wildman–Crippen MR) is 98.5 cm³/mol. The van der Waals surface area contributed by atoms with Crippen LogP contribution in [0.3, 0.4) is 0 Å². The summed E-state index contributed by atoms with van der Waals surface area (Å²) in [4.78, 5) is 38.1. The summed E-state index contributed by atoms with van der Waals surface area (Å²) in [6.07, 6.45) is 0.457. The smallest absolute Gasteiger partial charge is 0.338 e. The number of carbonyl (C=O) groups excluding carboxylic acids is 3. The van der Waals surface area contributed by atoms with Crippen LogP contribution in [0.25, 0.3) is 5.70 Å². The second-order valence-electron chi connectivity index (χ2n) is 6.22. The Hall–Kier alpha value is -2.83. The number of rotatable bonds is 9. The van der Waals surface area contributed by atoms with Crippen LogP contribution >= 0.6 is 0 Å². The van der Waals surface area contributed by atoms with Gasteiger partial charge in [0.1, 0.15) is 12.2 Å². The Morgan fingerprint density at radius 1 is 1.11 bits per heavy atom. The fourth-order valence-corrected chi connectivity index (χ4v) is 2.62. The average molecular weight is 375 g/mol. The number of carbonyl (C=O) groups is 3. The molecule has 0 bridgehead atoms. The SMILES string of the molecule is CCCOC(=O)CN1C(=O)C(OC(C)C)=C1c1ccccc1C(=O)OCC. The molecule has 0 atom stereocenters. The lowest BCUT2D eigenvalue weighted by molar-refractivity contribution is -0.148. The number of nitrogens with zero attached hydrogens (tertiary/aromatic N) is 1. The summed E-state index contributed by atoms with van der Waals surface area (Å²) in [5, 5.41) is 0. The van der Waals surface area contributed by atoms with Crippen molar-refractivity contribution in [3.05, 3.63) is 41.2 Å². The van der Waals surface area contributed by atoms with Crippen molar-refractivity contribution < 1.29 is 28.6 Å². The van der Waals surface area contributed by atoms with Gasteiger partial charge < -0.3 is 14.2 Å². The largest absolute Gasteiger partial charge is 0.484 e. The van der Waals surface area contributed by atoms with Gasteiger partial charge in [0.25, 0.3) is 5.91 Å². The molecule has 0 saturated heterocycles. The molecule has 1 aromatic rings. The minimum atomic E-state index is -0.514. The van der Waals surface area contributed by atoms with Crippen LogP contribution in [-0.4, -0.2) is 48.6 Å². The summed E-state index contributed by atoms with van der Waals surface area (Å²) in [5.74, 6) is -1.30. The van der Waals surface area contributed by atoms with Gasteiger partial charge in [0.2, 0.25) is 5.76 Å². The number of benzene rings is 1. The van der Waals surface area contributed by atoms with E-state index in [1.165, 1.54) is 4.90 Å². The fourth-order valence-electron chi connectivity index (χ4n) is 2.62. The van der Waals surface area contributed by atoms with Crippen molar-refractivity contribution in [2.75, 3.05) is 19.8 Å². The number of ether oxygens (including phenoxy) is 3. The molecule has 0 radical (unpaired) electrons. The van der Waals surface area contributed by atoms with E-state index in [4.69, 9.17) is 14.2 Å². The highest BCUT2D eigenvalue weighted by Gasteiger charge is 2.42. The van der Waals surface area contributed by atoms with E-state index in [2.05, 4.69) is 0 Å². The molecule has 1 aliphatic heterocycles. The van der Waals surface area contributed by atoms with Crippen LogP contribution in [0.4, 0.5) is 0 Å². The van der Waals surface area contributed by atoms with Gasteiger partial charge in [0.15, 0.2) is 0 Å². The maximum atomic E-state index is 12.5. The second kappa shape index (κ2) is 9.21. The summed E-state index contributed by atoms with van der Waals surface area (Å²) >= 11 is 0. The first-order valence-electron chi connectivity index (χ1n) is 9.05. The fraction of sp³-hybridized carbons (Fsp3) is 0.450. The van der Waals surface area contributed by atoms with Crippen molar-refractivity contribution in [2.24, 2.45) is 0 Å². The van der Waals surface area contributed by atoms with Crippen molar-refractivity contribution >= 4 is 23.5 Å². The molecular formula is C20H25NO6. The number of esters is 2. The zero-order valence-electron chi connectivity index (χ0n) is 16.1. The zero-order chi connectivity index (χ0) is 20.0. The summed E-state index contributed by atoms with van der Waals surface area (Å²) in [6, 6.07) is 6.76. The van der Waals surface area contributed by atoms with Gasteiger partial charge in [0, 0.05) is 5.56 Å². The highest BCUT2D eigenvalue weighted by atomic mass is 16.5. The molecule has 0 unspecified atom stereocenters. The van der Waals surface area contributed by atoms with Crippen molar-refractivity contribution in [1.29, 1.82) is 0 Å². The van der Waals surface area contributed by atoms with E-state index in [0.717, 1.165) is 0 Å². The minimum Gasteiger partial charge on any atom is -0.484 e. The summed E-state index contributed by atoms with van der Waals surface area (Å²) in [5.41, 5.74) is 1.18. The van der Waals surface area contributed by atoms with Gasteiger partial charge in [-0.1, -0.05) is 25.1 Å². The van der Waals surface area contributed by atoms with Gasteiger partial charge >= 0.3 is 11.9 Å². The first-order chi connectivity index (χ1) is 12.9. The highest BCUT2D eigenvalue weighted by molar-refractivity contribution is 6.15. The number of hydrogen-bond acceptors (Lipinski definition) is 6. The Kier molecular flexibility index (Phi) is 6.98. The van der Waals surface area contributed by atoms with Crippen molar-refractivity contribution in [1.82, 2.24) is 4.90 Å². The molecule has 1 aliphatic rings. The van der Waals surface area contributed by atoms with Crippen LogP contribution in [0, 0.1) is 0 Å². The lowest BCUT2D eigenvalue weighted by Crippen LogP contribution is -2.46. The summed E-state index contributed by atoms with van der Waals surface area (Å²) in [6.45, 7) is 7.48. The molecular weight excluding hydrogens is 350 g/mol. The molecule has 27 heavy (non-hydrogen) atoms. The van der Waals surface area contributed by atoms with E-state index in [1.54, 1.807) is 45.0 Å². The van der Waals surface area contributed by atoms with Crippen LogP contribution in [0.15, 0.2) is 30.0 Å². The molecule has 1 heterocycles. The Bertz CT molecular complexity index is 753. The van der Waals surface area contributed by atoms with Crippen molar-refractivity contribution in [2.45, 2.75) is 40.2 Å². The van der Waals surface area contributed by atoms with E-state index in [-0.39, 0.29) is 31.6 Å². The van der Waals surface area contributed by atoms with Crippen LogP contribution in [-0.2, 0) is 23.8 Å². The normalized spacial score (nSPS) is 13.5. The number of hydrogen-bond donors (Lipinski definition) is 0. The molecule has 7 heteroatoms. The molecule has 2 rings (SSSR count). The standard InChI is InChI=1S/C20H25NO6/c1-5-11-26-16(22)12-21-17(18(19(21)23)27-13(3)4)14-9-7-8-10-15(14)20(24)25-6-2/h7-10,13H,5-6,11-12H2,1-4H3. The van der Waals surface area contributed by atoms with Gasteiger partial charge in [-0.05, 0) is 33.3 Å². The van der Waals surface area contributed by atoms with Crippen molar-refractivity contribution in [3.63, 3.8) is 0 Å². The van der Waals surface area contributed by atoms with Gasteiger partial charge in [-0.2, -0.15) is 0 Å². The topological polar surface area (TPSA) is 82.1 Å². The third kappa shape index (κ3) is 4.67. The molecule has 1 aromatic carbocycles. The molecule has 7 nitrogen and oxygen atoms in total. The molecule has 0 spiro atoms. The third-order valence-corrected chi connectivity index (χ3v) is 3.71. The van der Waals surface area contributed by atoms with E-state index in [1.807, 2.05) is 6.92 Å². The minimum absolute atomic E-state index is 0.130. The van der Waals surface area contributed by atoms with E-state index in [0.29, 0.717) is 23.2 Å². The maximum Gasteiger partial charge on any atom is 0.338 e. The Morgan fingerprint density at radius 3 is 2.44 bits per heavy atom. The average Bonchev–Trinajstić information content (AvgIpc) is 2.65. The first kappa shape index (κ1) is 20.5. The third-order valence-electron chi connectivity index (χ3n) is 3.71. The maximum absolute atomic E-state index is 12.5. The van der Waals surface area contributed by atoms with Gasteiger partial charge in [0.05, 0.1) is 24.9 Å². The molecule has 146 valence electrons. The lowest BCUT2D eigenvalue weighted by atomic mass is 9.97. The highest BCUT2D eigenvalue weighted by Crippen LogP contribution is 2.37. The quantitative estimate of drug-likeness (QED) is 0.617. The molecule has 0 aliphatic carbocycles. The molecule has 0 fully saturated rings. The summed E-state index contributed by atoms with van der Waals surface area (Å²) in [7, 11) is 0. The zero-order valence-corrected chi connectivity index (χ0v) is 16.1. The second-order valence-corrected chi connectivity index (χ2v) is 6.22. The molecule has 0 saturated carbocycles. The Balaban J connectivity index is 2.41. The predicted octanol–water partition coefficient (Wildman–Crippen LogP) is 2.75.